The number of ether oxygens (including phenoxy) is 1. The number of nitrogens with zero attached hydrogens (tertiary/aromatic N) is 1. The maximum absolute atomic E-state index is 13.2. The smallest absolute Gasteiger partial charge is 0.155 e. The minimum Gasteiger partial charge on any atom is -0.375 e. The molecule has 0 aromatic rings. The van der Waals surface area contributed by atoms with Crippen molar-refractivity contribution in [1.82, 2.24) is 4.90 Å². The highest BCUT2D eigenvalue weighted by Gasteiger charge is 2.47. The molecule has 0 radical (unpaired) electrons. The van der Waals surface area contributed by atoms with Crippen LogP contribution < -0.4 is 0 Å². The summed E-state index contributed by atoms with van der Waals surface area (Å²) in [5.74, 6) is 0.691. The van der Waals surface area contributed by atoms with Gasteiger partial charge >= 0.3 is 0 Å². The maximum atomic E-state index is 13.2. The van der Waals surface area contributed by atoms with Gasteiger partial charge in [-0.25, -0.2) is 0 Å². The van der Waals surface area contributed by atoms with Gasteiger partial charge in [0.2, 0.25) is 0 Å². The van der Waals surface area contributed by atoms with Gasteiger partial charge in [-0.15, -0.1) is 0 Å². The SMILES string of the molecule is CC(C)(C(=O)C1CCOC2(CCC2)C1)N1CCCCCC1. The number of carbonyl (C=O) groups is 1. The molecule has 0 N–H and O–H groups in total. The third-order valence-corrected chi connectivity index (χ3v) is 6.13. The van der Waals surface area contributed by atoms with Crippen molar-refractivity contribution in [2.24, 2.45) is 5.92 Å². The lowest BCUT2D eigenvalue weighted by Gasteiger charge is -2.48. The van der Waals surface area contributed by atoms with E-state index in [0.29, 0.717) is 5.78 Å². The van der Waals surface area contributed by atoms with Gasteiger partial charge in [-0.05, 0) is 71.9 Å². The topological polar surface area (TPSA) is 29.5 Å². The quantitative estimate of drug-likeness (QED) is 0.797. The van der Waals surface area contributed by atoms with Crippen molar-refractivity contribution in [3.63, 3.8) is 0 Å². The van der Waals surface area contributed by atoms with E-state index in [1.54, 1.807) is 0 Å². The van der Waals surface area contributed by atoms with Crippen molar-refractivity contribution in [2.75, 3.05) is 19.7 Å². The second-order valence-corrected chi connectivity index (χ2v) is 7.90. The Morgan fingerprint density at radius 2 is 1.76 bits per heavy atom. The van der Waals surface area contributed by atoms with Crippen molar-refractivity contribution >= 4 is 5.78 Å². The van der Waals surface area contributed by atoms with Gasteiger partial charge in [0.1, 0.15) is 0 Å². The molecule has 2 heterocycles. The van der Waals surface area contributed by atoms with Crippen LogP contribution in [0.2, 0.25) is 0 Å². The number of carbonyl (C=O) groups excluding carboxylic acids is 1. The Bertz CT molecular complexity index is 379. The number of likely N-dealkylation sites (tertiary alicyclic amines) is 1. The second kappa shape index (κ2) is 6.00. The molecule has 3 fully saturated rings. The maximum Gasteiger partial charge on any atom is 0.155 e. The standard InChI is InChI=1S/C18H31NO2/c1-17(2,19-11-5-3-4-6-12-19)16(20)15-8-13-21-18(14-15)9-7-10-18/h15H,3-14H2,1-2H3. The van der Waals surface area contributed by atoms with Crippen molar-refractivity contribution in [1.29, 1.82) is 0 Å². The van der Waals surface area contributed by atoms with Crippen LogP contribution in [0.5, 0.6) is 0 Å². The lowest BCUT2D eigenvalue weighted by molar-refractivity contribution is -0.161. The summed E-state index contributed by atoms with van der Waals surface area (Å²) in [5.41, 5.74) is -0.218. The molecule has 3 rings (SSSR count). The summed E-state index contributed by atoms with van der Waals surface area (Å²) in [7, 11) is 0. The molecular formula is C18H31NO2. The molecule has 2 aliphatic heterocycles. The Hall–Kier alpha value is -0.410. The van der Waals surface area contributed by atoms with E-state index in [1.165, 1.54) is 44.9 Å². The summed E-state index contributed by atoms with van der Waals surface area (Å²) >= 11 is 0. The Kier molecular flexibility index (Phi) is 4.42. The summed E-state index contributed by atoms with van der Waals surface area (Å²) in [5, 5.41) is 0. The first-order valence-corrected chi connectivity index (χ1v) is 8.97. The van der Waals surface area contributed by atoms with Gasteiger partial charge in [0.05, 0.1) is 11.1 Å². The average molecular weight is 293 g/mol. The minimum atomic E-state index is -0.294. The molecule has 0 aromatic heterocycles. The van der Waals surface area contributed by atoms with Crippen molar-refractivity contribution in [2.45, 2.75) is 82.8 Å². The normalized spacial score (nSPS) is 30.7. The van der Waals surface area contributed by atoms with Crippen molar-refractivity contribution < 1.29 is 9.53 Å². The molecule has 1 unspecified atom stereocenters. The number of rotatable bonds is 3. The molecule has 3 nitrogen and oxygen atoms in total. The summed E-state index contributed by atoms with van der Waals surface area (Å²) in [6.07, 6.45) is 10.6. The lowest BCUT2D eigenvalue weighted by Crippen LogP contribution is -2.56. The molecule has 120 valence electrons. The fraction of sp³-hybridized carbons (Fsp3) is 0.944. The first-order valence-electron chi connectivity index (χ1n) is 8.97. The Labute approximate surface area is 129 Å². The first kappa shape index (κ1) is 15.5. The molecule has 1 spiro atoms. The third kappa shape index (κ3) is 3.05. The fourth-order valence-corrected chi connectivity index (χ4v) is 4.46. The number of hydrogen-bond acceptors (Lipinski definition) is 3. The predicted molar refractivity (Wildman–Crippen MR) is 84.4 cm³/mol. The molecule has 1 atom stereocenters. The molecule has 0 aromatic carbocycles. The van der Waals surface area contributed by atoms with E-state index in [-0.39, 0.29) is 17.1 Å². The highest BCUT2D eigenvalue weighted by Crippen LogP contribution is 2.45. The summed E-state index contributed by atoms with van der Waals surface area (Å²) in [6, 6.07) is 0. The van der Waals surface area contributed by atoms with Gasteiger partial charge < -0.3 is 4.74 Å². The molecule has 2 saturated heterocycles. The van der Waals surface area contributed by atoms with E-state index in [4.69, 9.17) is 4.74 Å². The molecule has 0 amide bonds. The molecule has 3 heteroatoms. The van der Waals surface area contributed by atoms with Gasteiger partial charge in [-0.2, -0.15) is 0 Å². The molecule has 3 aliphatic rings. The number of Topliss-reactive ketones (excluding diaryl/α,β-unsaturated/α-hetero) is 1. The zero-order valence-electron chi connectivity index (χ0n) is 13.8. The van der Waals surface area contributed by atoms with E-state index in [1.807, 2.05) is 0 Å². The lowest BCUT2D eigenvalue weighted by atomic mass is 9.69. The zero-order chi connectivity index (χ0) is 14.9. The molecular weight excluding hydrogens is 262 g/mol. The third-order valence-electron chi connectivity index (χ3n) is 6.13. The summed E-state index contributed by atoms with van der Waals surface area (Å²) in [6.45, 7) is 7.28. The van der Waals surface area contributed by atoms with E-state index in [9.17, 15) is 4.79 Å². The van der Waals surface area contributed by atoms with Gasteiger partial charge in [0.15, 0.2) is 5.78 Å². The van der Waals surface area contributed by atoms with E-state index < -0.39 is 0 Å². The molecule has 0 bridgehead atoms. The Balaban J connectivity index is 1.67. The summed E-state index contributed by atoms with van der Waals surface area (Å²) in [4.78, 5) is 15.6. The predicted octanol–water partition coefficient (Wildman–Crippen LogP) is 3.56. The number of ketones is 1. The van der Waals surface area contributed by atoms with Crippen LogP contribution in [0.25, 0.3) is 0 Å². The fourth-order valence-electron chi connectivity index (χ4n) is 4.46. The highest BCUT2D eigenvalue weighted by atomic mass is 16.5. The molecule has 1 aliphatic carbocycles. The van der Waals surface area contributed by atoms with Gasteiger partial charge in [-0.3, -0.25) is 9.69 Å². The highest BCUT2D eigenvalue weighted by molar-refractivity contribution is 5.89. The van der Waals surface area contributed by atoms with Crippen LogP contribution in [0, 0.1) is 5.92 Å². The Morgan fingerprint density at radius 1 is 1.10 bits per heavy atom. The minimum absolute atomic E-state index is 0.0768. The largest absolute Gasteiger partial charge is 0.375 e. The van der Waals surface area contributed by atoms with Crippen molar-refractivity contribution in [3.8, 4) is 0 Å². The van der Waals surface area contributed by atoms with Crippen LogP contribution in [0.15, 0.2) is 0 Å². The van der Waals surface area contributed by atoms with Crippen LogP contribution in [0.3, 0.4) is 0 Å². The van der Waals surface area contributed by atoms with Crippen molar-refractivity contribution in [3.05, 3.63) is 0 Å². The monoisotopic (exact) mass is 293 g/mol. The summed E-state index contributed by atoms with van der Waals surface area (Å²) < 4.78 is 5.99. The molecule has 1 saturated carbocycles. The van der Waals surface area contributed by atoms with Crippen LogP contribution in [-0.4, -0.2) is 41.5 Å². The van der Waals surface area contributed by atoms with Crippen LogP contribution in [0.4, 0.5) is 0 Å². The second-order valence-electron chi connectivity index (χ2n) is 7.90. The van der Waals surface area contributed by atoms with Crippen LogP contribution in [-0.2, 0) is 9.53 Å². The Morgan fingerprint density at radius 3 is 2.33 bits per heavy atom. The van der Waals surface area contributed by atoms with E-state index >= 15 is 0 Å². The van der Waals surface area contributed by atoms with Gasteiger partial charge in [0, 0.05) is 12.5 Å². The first-order chi connectivity index (χ1) is 10.0. The van der Waals surface area contributed by atoms with Crippen LogP contribution in [0.1, 0.15) is 71.6 Å². The zero-order valence-corrected chi connectivity index (χ0v) is 13.8. The van der Waals surface area contributed by atoms with Crippen LogP contribution >= 0.6 is 0 Å². The number of hydrogen-bond donors (Lipinski definition) is 0. The van der Waals surface area contributed by atoms with Gasteiger partial charge in [0.25, 0.3) is 0 Å². The van der Waals surface area contributed by atoms with E-state index in [2.05, 4.69) is 18.7 Å². The van der Waals surface area contributed by atoms with E-state index in [0.717, 1.165) is 32.5 Å². The van der Waals surface area contributed by atoms with Gasteiger partial charge in [-0.1, -0.05) is 12.8 Å². The molecule has 21 heavy (non-hydrogen) atoms. The average Bonchev–Trinajstić information content (AvgIpc) is 2.74.